The Balaban J connectivity index is 1.62. The predicted molar refractivity (Wildman–Crippen MR) is 120 cm³/mol. The number of nitrogens with zero attached hydrogens (tertiary/aromatic N) is 5. The number of halogens is 1. The van der Waals surface area contributed by atoms with Crippen LogP contribution in [0.25, 0.3) is 0 Å². The van der Waals surface area contributed by atoms with E-state index in [1.165, 1.54) is 26.4 Å². The summed E-state index contributed by atoms with van der Waals surface area (Å²) >= 11 is 5.86. The Hall–Kier alpha value is -1.86. The first-order chi connectivity index (χ1) is 15.8. The normalized spacial score (nSPS) is 24.0. The largest absolute Gasteiger partial charge is 0.381 e. The van der Waals surface area contributed by atoms with Crippen molar-refractivity contribution in [1.82, 2.24) is 24.7 Å². The molecule has 0 aliphatic carbocycles. The van der Waals surface area contributed by atoms with Crippen LogP contribution in [0.2, 0.25) is 5.02 Å². The van der Waals surface area contributed by atoms with E-state index in [1.54, 1.807) is 0 Å². The van der Waals surface area contributed by atoms with Crippen LogP contribution in [-0.2, 0) is 24.2 Å². The number of nitrogens with one attached hydrogen (secondary N) is 1. The van der Waals surface area contributed by atoms with Crippen LogP contribution >= 0.6 is 11.6 Å². The molecule has 0 aromatic carbocycles. The van der Waals surface area contributed by atoms with Crippen LogP contribution in [0.5, 0.6) is 0 Å². The van der Waals surface area contributed by atoms with E-state index in [1.807, 2.05) is 11.5 Å². The number of hydrogen-bond donors (Lipinski definition) is 1. The summed E-state index contributed by atoms with van der Waals surface area (Å²) in [4.78, 5) is 8.24. The van der Waals surface area contributed by atoms with Gasteiger partial charge in [-0.25, -0.2) is 18.4 Å². The Morgan fingerprint density at radius 3 is 2.48 bits per heavy atom. The highest BCUT2D eigenvalue weighted by atomic mass is 35.5. The van der Waals surface area contributed by atoms with Gasteiger partial charge in [-0.15, -0.1) is 10.2 Å². The lowest BCUT2D eigenvalue weighted by atomic mass is 10.1. The SMILES string of the molecule is CO[C@H](c1ncc(Cl)cn1)[C@H](C)S(=O)(=O)Nc1nnc([C@@H]2CC[C@H](C)O2)n1C1CCOCC1. The third kappa shape index (κ3) is 5.29. The van der Waals surface area contributed by atoms with Gasteiger partial charge in [-0.2, -0.15) is 0 Å². The van der Waals surface area contributed by atoms with Gasteiger partial charge < -0.3 is 14.2 Å². The zero-order valence-electron chi connectivity index (χ0n) is 18.8. The van der Waals surface area contributed by atoms with Crippen molar-refractivity contribution < 1.29 is 22.6 Å². The van der Waals surface area contributed by atoms with Crippen LogP contribution in [0, 0.1) is 0 Å². The molecular formula is C20H29ClN6O5S. The van der Waals surface area contributed by atoms with Gasteiger partial charge in [0.05, 0.1) is 11.1 Å². The molecule has 0 saturated carbocycles. The molecule has 1 N–H and O–H groups in total. The average molecular weight is 501 g/mol. The van der Waals surface area contributed by atoms with Crippen molar-refractivity contribution in [2.45, 2.75) is 69.1 Å². The summed E-state index contributed by atoms with van der Waals surface area (Å²) in [7, 11) is -2.54. The molecule has 4 heterocycles. The van der Waals surface area contributed by atoms with Gasteiger partial charge in [-0.3, -0.25) is 9.29 Å². The third-order valence-corrected chi connectivity index (χ3v) is 7.98. The van der Waals surface area contributed by atoms with E-state index >= 15 is 0 Å². The molecule has 11 nitrogen and oxygen atoms in total. The Kier molecular flexibility index (Phi) is 7.49. The lowest BCUT2D eigenvalue weighted by molar-refractivity contribution is 0.0397. The maximum Gasteiger partial charge on any atom is 0.240 e. The summed E-state index contributed by atoms with van der Waals surface area (Å²) in [6.07, 6.45) is 4.99. The van der Waals surface area contributed by atoms with Crippen molar-refractivity contribution in [3.05, 3.63) is 29.1 Å². The zero-order valence-corrected chi connectivity index (χ0v) is 20.4. The van der Waals surface area contributed by atoms with Crippen LogP contribution in [0.3, 0.4) is 0 Å². The standard InChI is InChI=1S/C20H29ClN6O5S/c1-12-4-5-16(32-12)19-24-25-20(27(19)15-6-8-31-9-7-15)26-33(28,29)13(2)17(30-3)18-22-10-14(21)11-23-18/h10-13,15-17H,4-9H2,1-3H3,(H,25,26)/t12-,13-,16-,17-/m0/s1. The summed E-state index contributed by atoms with van der Waals surface area (Å²) in [6, 6.07) is 0.00841. The molecule has 0 radical (unpaired) electrons. The minimum atomic E-state index is -3.95. The number of methoxy groups -OCH3 is 1. The van der Waals surface area contributed by atoms with Crippen molar-refractivity contribution in [3.63, 3.8) is 0 Å². The van der Waals surface area contributed by atoms with E-state index in [-0.39, 0.29) is 30.0 Å². The molecule has 2 aromatic heterocycles. The van der Waals surface area contributed by atoms with Crippen LogP contribution in [0.1, 0.15) is 69.4 Å². The highest BCUT2D eigenvalue weighted by Crippen LogP contribution is 2.36. The maximum absolute atomic E-state index is 13.3. The molecule has 4 rings (SSSR count). The Morgan fingerprint density at radius 2 is 1.88 bits per heavy atom. The van der Waals surface area contributed by atoms with Crippen molar-refractivity contribution in [3.8, 4) is 0 Å². The van der Waals surface area contributed by atoms with Gasteiger partial charge in [-0.05, 0) is 39.5 Å². The van der Waals surface area contributed by atoms with Gasteiger partial charge in [0.15, 0.2) is 11.6 Å². The molecule has 0 unspecified atom stereocenters. The predicted octanol–water partition coefficient (Wildman–Crippen LogP) is 2.83. The van der Waals surface area contributed by atoms with Crippen LogP contribution in [-0.4, -0.2) is 64.8 Å². The van der Waals surface area contributed by atoms with E-state index in [4.69, 9.17) is 25.8 Å². The molecule has 2 aliphatic heterocycles. The summed E-state index contributed by atoms with van der Waals surface area (Å²) in [6.45, 7) is 4.73. The van der Waals surface area contributed by atoms with Gasteiger partial charge in [-0.1, -0.05) is 11.6 Å². The molecule has 33 heavy (non-hydrogen) atoms. The molecule has 0 bridgehead atoms. The van der Waals surface area contributed by atoms with Crippen LogP contribution in [0.15, 0.2) is 12.4 Å². The van der Waals surface area contributed by atoms with Gasteiger partial charge in [0.2, 0.25) is 16.0 Å². The molecule has 2 aliphatic rings. The second-order valence-electron chi connectivity index (χ2n) is 8.38. The quantitative estimate of drug-likeness (QED) is 0.581. The molecule has 0 spiro atoms. The number of rotatable bonds is 8. The fourth-order valence-corrected chi connectivity index (χ4v) is 5.48. The smallest absolute Gasteiger partial charge is 0.240 e. The van der Waals surface area contributed by atoms with E-state index in [2.05, 4.69) is 24.9 Å². The zero-order chi connectivity index (χ0) is 23.6. The van der Waals surface area contributed by atoms with Gasteiger partial charge >= 0.3 is 0 Å². The van der Waals surface area contributed by atoms with Crippen LogP contribution in [0.4, 0.5) is 5.95 Å². The second kappa shape index (κ2) is 10.2. The van der Waals surface area contributed by atoms with Gasteiger partial charge in [0.25, 0.3) is 0 Å². The van der Waals surface area contributed by atoms with E-state index in [0.29, 0.717) is 24.1 Å². The number of ether oxygens (including phenoxy) is 3. The van der Waals surface area contributed by atoms with Gasteiger partial charge in [0, 0.05) is 38.8 Å². The molecule has 4 atom stereocenters. The maximum atomic E-state index is 13.3. The number of hydrogen-bond acceptors (Lipinski definition) is 9. The topological polar surface area (TPSA) is 130 Å². The summed E-state index contributed by atoms with van der Waals surface area (Å²) < 4.78 is 48.2. The van der Waals surface area contributed by atoms with Crippen LogP contribution < -0.4 is 4.72 Å². The minimum absolute atomic E-state index is 0.00841. The van der Waals surface area contributed by atoms with E-state index < -0.39 is 21.4 Å². The third-order valence-electron chi connectivity index (χ3n) is 6.10. The number of aromatic nitrogens is 5. The van der Waals surface area contributed by atoms with E-state index in [9.17, 15) is 8.42 Å². The Morgan fingerprint density at radius 1 is 1.18 bits per heavy atom. The molecular weight excluding hydrogens is 472 g/mol. The molecule has 2 aromatic rings. The Labute approximate surface area is 198 Å². The van der Waals surface area contributed by atoms with E-state index in [0.717, 1.165) is 25.7 Å². The molecule has 0 amide bonds. The monoisotopic (exact) mass is 500 g/mol. The molecule has 2 saturated heterocycles. The second-order valence-corrected chi connectivity index (χ2v) is 10.9. The first-order valence-corrected chi connectivity index (χ1v) is 12.9. The number of anilines is 1. The highest BCUT2D eigenvalue weighted by Gasteiger charge is 2.37. The fourth-order valence-electron chi connectivity index (χ4n) is 4.25. The lowest BCUT2D eigenvalue weighted by Crippen LogP contribution is -2.34. The summed E-state index contributed by atoms with van der Waals surface area (Å²) in [5, 5.41) is 7.88. The minimum Gasteiger partial charge on any atom is -0.381 e. The first-order valence-electron chi connectivity index (χ1n) is 11.0. The lowest BCUT2D eigenvalue weighted by Gasteiger charge is -2.28. The Bertz CT molecular complexity index is 1040. The summed E-state index contributed by atoms with van der Waals surface area (Å²) in [5.41, 5.74) is 0. The van der Waals surface area contributed by atoms with Crippen molar-refractivity contribution in [2.75, 3.05) is 25.0 Å². The average Bonchev–Trinajstić information content (AvgIpc) is 3.41. The molecule has 2 fully saturated rings. The first kappa shape index (κ1) is 24.3. The highest BCUT2D eigenvalue weighted by molar-refractivity contribution is 7.93. The molecule has 13 heteroatoms. The summed E-state index contributed by atoms with van der Waals surface area (Å²) in [5.74, 6) is 1.03. The number of sulfonamides is 1. The van der Waals surface area contributed by atoms with Gasteiger partial charge in [0.1, 0.15) is 17.5 Å². The fraction of sp³-hybridized carbons (Fsp3) is 0.700. The van der Waals surface area contributed by atoms with Crippen molar-refractivity contribution in [1.29, 1.82) is 0 Å². The van der Waals surface area contributed by atoms with Crippen molar-refractivity contribution >= 4 is 27.6 Å². The van der Waals surface area contributed by atoms with Crippen molar-refractivity contribution in [2.24, 2.45) is 0 Å². The molecule has 182 valence electrons.